The van der Waals surface area contributed by atoms with Crippen molar-refractivity contribution in [3.05, 3.63) is 28.2 Å². The molecule has 1 aromatic rings. The van der Waals surface area contributed by atoms with E-state index in [0.29, 0.717) is 6.10 Å². The molecular formula is C14H21BrN2O2. The molecule has 0 bridgehead atoms. The van der Waals surface area contributed by atoms with Gasteiger partial charge in [-0.2, -0.15) is 0 Å². The zero-order valence-electron chi connectivity index (χ0n) is 11.2. The summed E-state index contributed by atoms with van der Waals surface area (Å²) < 4.78 is 11.8. The zero-order valence-corrected chi connectivity index (χ0v) is 12.8. The summed E-state index contributed by atoms with van der Waals surface area (Å²) in [6.45, 7) is 0.902. The number of nitrogens with one attached hydrogen (secondary N) is 1. The van der Waals surface area contributed by atoms with Gasteiger partial charge in [0, 0.05) is 12.6 Å². The Labute approximate surface area is 122 Å². The van der Waals surface area contributed by atoms with Crippen LogP contribution in [-0.4, -0.2) is 19.8 Å². The number of rotatable bonds is 6. The number of nitrogens with two attached hydrogens (primary N) is 1. The minimum Gasteiger partial charge on any atom is -0.496 e. The molecule has 3 N–H and O–H groups in total. The predicted octanol–water partition coefficient (Wildman–Crippen LogP) is 2.92. The third-order valence-electron chi connectivity index (χ3n) is 3.58. The summed E-state index contributed by atoms with van der Waals surface area (Å²) in [5.74, 6) is 6.50. The van der Waals surface area contributed by atoms with Gasteiger partial charge in [-0.15, -0.1) is 0 Å². The molecule has 0 aromatic heterocycles. The van der Waals surface area contributed by atoms with Crippen LogP contribution >= 0.6 is 15.9 Å². The van der Waals surface area contributed by atoms with Crippen molar-refractivity contribution in [3.63, 3.8) is 0 Å². The fourth-order valence-corrected chi connectivity index (χ4v) is 3.03. The second-order valence-electron chi connectivity index (χ2n) is 4.83. The highest BCUT2D eigenvalue weighted by Crippen LogP contribution is 2.30. The summed E-state index contributed by atoms with van der Waals surface area (Å²) in [6, 6.07) is 6.20. The Hall–Kier alpha value is -0.620. The second-order valence-corrected chi connectivity index (χ2v) is 5.68. The highest BCUT2D eigenvalue weighted by atomic mass is 79.9. The monoisotopic (exact) mass is 328 g/mol. The molecule has 4 nitrogen and oxygen atoms in total. The SMILES string of the molecule is COc1ccc(C(CCC2CCCO2)NN)cc1Br. The van der Waals surface area contributed by atoms with Crippen LogP contribution in [0, 0.1) is 0 Å². The van der Waals surface area contributed by atoms with Gasteiger partial charge in [-0.3, -0.25) is 11.3 Å². The van der Waals surface area contributed by atoms with E-state index in [4.69, 9.17) is 15.3 Å². The van der Waals surface area contributed by atoms with Gasteiger partial charge in [0.2, 0.25) is 0 Å². The second kappa shape index (κ2) is 7.24. The van der Waals surface area contributed by atoms with Gasteiger partial charge in [0.15, 0.2) is 0 Å². The van der Waals surface area contributed by atoms with E-state index in [1.807, 2.05) is 12.1 Å². The molecule has 0 saturated carbocycles. The Bertz CT molecular complexity index is 408. The predicted molar refractivity (Wildman–Crippen MR) is 79.0 cm³/mol. The number of hydrogen-bond donors (Lipinski definition) is 2. The molecule has 2 unspecified atom stereocenters. The molecule has 0 spiro atoms. The normalized spacial score (nSPS) is 20.5. The molecule has 2 atom stereocenters. The van der Waals surface area contributed by atoms with E-state index < -0.39 is 0 Å². The van der Waals surface area contributed by atoms with Gasteiger partial charge in [-0.25, -0.2) is 0 Å². The van der Waals surface area contributed by atoms with Crippen molar-refractivity contribution in [3.8, 4) is 5.75 Å². The summed E-state index contributed by atoms with van der Waals surface area (Å²) in [7, 11) is 1.66. The molecule has 1 heterocycles. The third-order valence-corrected chi connectivity index (χ3v) is 4.20. The van der Waals surface area contributed by atoms with E-state index in [0.717, 1.165) is 35.2 Å². The fraction of sp³-hybridized carbons (Fsp3) is 0.571. The Morgan fingerprint density at radius 3 is 3.00 bits per heavy atom. The lowest BCUT2D eigenvalue weighted by molar-refractivity contribution is 0.0996. The molecule has 2 rings (SSSR count). The molecule has 0 radical (unpaired) electrons. The molecule has 1 saturated heterocycles. The lowest BCUT2D eigenvalue weighted by atomic mass is 10.00. The van der Waals surface area contributed by atoms with Crippen molar-refractivity contribution in [2.75, 3.05) is 13.7 Å². The van der Waals surface area contributed by atoms with Crippen molar-refractivity contribution in [1.82, 2.24) is 5.43 Å². The van der Waals surface area contributed by atoms with Crippen LogP contribution in [0.5, 0.6) is 5.75 Å². The van der Waals surface area contributed by atoms with Gasteiger partial charge in [0.05, 0.1) is 17.7 Å². The maximum absolute atomic E-state index is 5.67. The molecule has 0 aliphatic carbocycles. The fourth-order valence-electron chi connectivity index (χ4n) is 2.47. The molecule has 5 heteroatoms. The Balaban J connectivity index is 1.97. The van der Waals surface area contributed by atoms with Crippen molar-refractivity contribution in [2.45, 2.75) is 37.8 Å². The quantitative estimate of drug-likeness (QED) is 0.622. The van der Waals surface area contributed by atoms with Crippen LogP contribution in [0.15, 0.2) is 22.7 Å². The van der Waals surface area contributed by atoms with Crippen LogP contribution in [0.25, 0.3) is 0 Å². The summed E-state index contributed by atoms with van der Waals surface area (Å²) in [6.07, 6.45) is 4.76. The minimum atomic E-state index is 0.145. The average molecular weight is 329 g/mol. The van der Waals surface area contributed by atoms with Crippen molar-refractivity contribution < 1.29 is 9.47 Å². The smallest absolute Gasteiger partial charge is 0.133 e. The zero-order chi connectivity index (χ0) is 13.7. The maximum atomic E-state index is 5.67. The lowest BCUT2D eigenvalue weighted by Crippen LogP contribution is -2.28. The topological polar surface area (TPSA) is 56.5 Å². The number of methoxy groups -OCH3 is 1. The Kier molecular flexibility index (Phi) is 5.63. The minimum absolute atomic E-state index is 0.145. The molecule has 19 heavy (non-hydrogen) atoms. The maximum Gasteiger partial charge on any atom is 0.133 e. The molecule has 0 amide bonds. The van der Waals surface area contributed by atoms with Gasteiger partial charge < -0.3 is 9.47 Å². The number of hydrazine groups is 1. The number of ether oxygens (including phenoxy) is 2. The van der Waals surface area contributed by atoms with E-state index in [1.54, 1.807) is 7.11 Å². The van der Waals surface area contributed by atoms with Gasteiger partial charge >= 0.3 is 0 Å². The molecule has 1 aliphatic rings. The standard InChI is InChI=1S/C14H21BrN2O2/c1-18-14-7-4-10(9-12(14)15)13(17-16)6-5-11-3-2-8-19-11/h4,7,9,11,13,17H,2-3,5-6,8,16H2,1H3. The van der Waals surface area contributed by atoms with Crippen LogP contribution in [0.2, 0.25) is 0 Å². The molecular weight excluding hydrogens is 308 g/mol. The summed E-state index contributed by atoms with van der Waals surface area (Å²) in [5, 5.41) is 0. The van der Waals surface area contributed by atoms with Gasteiger partial charge in [-0.05, 0) is 59.3 Å². The summed E-state index contributed by atoms with van der Waals surface area (Å²) >= 11 is 3.50. The van der Waals surface area contributed by atoms with Gasteiger partial charge in [0.25, 0.3) is 0 Å². The van der Waals surface area contributed by atoms with Crippen LogP contribution in [0.3, 0.4) is 0 Å². The van der Waals surface area contributed by atoms with Crippen LogP contribution in [-0.2, 0) is 4.74 Å². The molecule has 1 aromatic carbocycles. The Morgan fingerprint density at radius 2 is 2.42 bits per heavy atom. The number of hydrogen-bond acceptors (Lipinski definition) is 4. The van der Waals surface area contributed by atoms with Crippen LogP contribution in [0.1, 0.15) is 37.3 Å². The first kappa shape index (κ1) is 14.8. The molecule has 1 aliphatic heterocycles. The van der Waals surface area contributed by atoms with E-state index in [-0.39, 0.29) is 6.04 Å². The van der Waals surface area contributed by atoms with E-state index >= 15 is 0 Å². The third kappa shape index (κ3) is 3.92. The first-order valence-electron chi connectivity index (χ1n) is 6.65. The molecule has 1 fully saturated rings. The number of halogens is 1. The first-order valence-corrected chi connectivity index (χ1v) is 7.45. The Morgan fingerprint density at radius 1 is 1.58 bits per heavy atom. The summed E-state index contributed by atoms with van der Waals surface area (Å²) in [5.41, 5.74) is 4.05. The van der Waals surface area contributed by atoms with Crippen molar-refractivity contribution in [2.24, 2.45) is 5.84 Å². The van der Waals surface area contributed by atoms with E-state index in [9.17, 15) is 0 Å². The summed E-state index contributed by atoms with van der Waals surface area (Å²) in [4.78, 5) is 0. The molecule has 106 valence electrons. The number of benzene rings is 1. The van der Waals surface area contributed by atoms with Crippen LogP contribution < -0.4 is 16.0 Å². The highest BCUT2D eigenvalue weighted by Gasteiger charge is 2.18. The van der Waals surface area contributed by atoms with E-state index in [2.05, 4.69) is 27.4 Å². The van der Waals surface area contributed by atoms with Crippen molar-refractivity contribution in [1.29, 1.82) is 0 Å². The van der Waals surface area contributed by atoms with Crippen LogP contribution in [0.4, 0.5) is 0 Å². The van der Waals surface area contributed by atoms with Gasteiger partial charge in [0.1, 0.15) is 5.75 Å². The lowest BCUT2D eigenvalue weighted by Gasteiger charge is -2.19. The average Bonchev–Trinajstić information content (AvgIpc) is 2.93. The first-order chi connectivity index (χ1) is 9.24. The van der Waals surface area contributed by atoms with Crippen molar-refractivity contribution >= 4 is 15.9 Å². The largest absolute Gasteiger partial charge is 0.496 e. The highest BCUT2D eigenvalue weighted by molar-refractivity contribution is 9.10. The van der Waals surface area contributed by atoms with E-state index in [1.165, 1.54) is 12.8 Å². The van der Waals surface area contributed by atoms with Gasteiger partial charge in [-0.1, -0.05) is 6.07 Å².